The maximum Gasteiger partial charge on any atom is 0.330 e. The maximum atomic E-state index is 12.9. The second-order valence-electron chi connectivity index (χ2n) is 14.8. The van der Waals surface area contributed by atoms with Crippen LogP contribution in [0.1, 0.15) is 74.6 Å². The Bertz CT molecular complexity index is 1870. The molecule has 0 bridgehead atoms. The van der Waals surface area contributed by atoms with Gasteiger partial charge in [-0.05, 0) is 130 Å². The third-order valence-electron chi connectivity index (χ3n) is 10.4. The Kier molecular flexibility index (Phi) is 18.1. The summed E-state index contributed by atoms with van der Waals surface area (Å²) >= 11 is 0. The van der Waals surface area contributed by atoms with Crippen molar-refractivity contribution < 1.29 is 61.9 Å². The topological polar surface area (TPSA) is 159 Å². The van der Waals surface area contributed by atoms with Gasteiger partial charge < -0.3 is 37.9 Å². The van der Waals surface area contributed by atoms with Gasteiger partial charge in [0.2, 0.25) is 0 Å². The van der Waals surface area contributed by atoms with Crippen LogP contribution in [0.15, 0.2) is 92.0 Å². The molecule has 2 fully saturated rings. The molecule has 60 heavy (non-hydrogen) atoms. The van der Waals surface area contributed by atoms with Gasteiger partial charge in [0.05, 0.1) is 57.0 Å². The van der Waals surface area contributed by atoms with Crippen molar-refractivity contribution in [3.63, 3.8) is 0 Å². The van der Waals surface area contributed by atoms with Crippen LogP contribution < -0.4 is 28.4 Å². The number of carbonyl (C=O) groups excluding carboxylic acids is 5. The fraction of sp³-hybridized carbons (Fsp3) is 0.426. The van der Waals surface area contributed by atoms with Crippen LogP contribution in [-0.2, 0) is 28.7 Å². The molecule has 0 amide bonds. The molecule has 3 aromatic carbocycles. The Morgan fingerprint density at radius 2 is 0.933 bits per heavy atom. The van der Waals surface area contributed by atoms with Gasteiger partial charge in [0.25, 0.3) is 0 Å². The van der Waals surface area contributed by atoms with E-state index in [2.05, 4.69) is 13.2 Å². The standard InChI is InChI=1S/C47H54O13/c1-3-44(49)55-27-5-25-53-38-15-19-40(20-16-38)59-46(51)35-11-7-33(8-12-35)31-57-42-23-24-43(37(29-42)30-48)58-32-34-9-13-36(14-10-34)47(52)60-41-21-17-39(18-22-41)54-26-6-28-56-45(50)4-2/h3-4,15-24,29-30,33-36H,1-2,5-14,25-28,31-32H2. The Morgan fingerprint density at radius 3 is 1.37 bits per heavy atom. The highest BCUT2D eigenvalue weighted by Gasteiger charge is 2.30. The van der Waals surface area contributed by atoms with E-state index in [-0.39, 0.29) is 48.8 Å². The van der Waals surface area contributed by atoms with Crippen LogP contribution in [0.5, 0.6) is 34.5 Å². The second kappa shape index (κ2) is 24.1. The van der Waals surface area contributed by atoms with Gasteiger partial charge in [-0.2, -0.15) is 0 Å². The average molecular weight is 827 g/mol. The summed E-state index contributed by atoms with van der Waals surface area (Å²) in [6.07, 6.45) is 10.1. The summed E-state index contributed by atoms with van der Waals surface area (Å²) in [5, 5.41) is 0. The summed E-state index contributed by atoms with van der Waals surface area (Å²) in [4.78, 5) is 59.9. The number of benzene rings is 3. The molecule has 2 aliphatic carbocycles. The quantitative estimate of drug-likeness (QED) is 0.0297. The van der Waals surface area contributed by atoms with Crippen molar-refractivity contribution in [2.45, 2.75) is 64.2 Å². The van der Waals surface area contributed by atoms with Crippen LogP contribution in [0.25, 0.3) is 0 Å². The van der Waals surface area contributed by atoms with E-state index in [0.29, 0.717) is 105 Å². The van der Waals surface area contributed by atoms with Crippen molar-refractivity contribution >= 4 is 30.2 Å². The van der Waals surface area contributed by atoms with Crippen LogP contribution in [-0.4, -0.2) is 69.8 Å². The number of hydrogen-bond donors (Lipinski definition) is 0. The van der Waals surface area contributed by atoms with Gasteiger partial charge in [0.15, 0.2) is 6.29 Å². The van der Waals surface area contributed by atoms with Gasteiger partial charge in [-0.25, -0.2) is 9.59 Å². The van der Waals surface area contributed by atoms with E-state index in [0.717, 1.165) is 44.1 Å². The third-order valence-corrected chi connectivity index (χ3v) is 10.4. The molecule has 3 aromatic rings. The Hall–Kier alpha value is -6.11. The first-order valence-corrected chi connectivity index (χ1v) is 20.5. The molecular weight excluding hydrogens is 773 g/mol. The molecule has 0 saturated heterocycles. The molecule has 2 saturated carbocycles. The molecule has 320 valence electrons. The zero-order valence-corrected chi connectivity index (χ0v) is 33.9. The number of ether oxygens (including phenoxy) is 8. The van der Waals surface area contributed by atoms with E-state index in [1.165, 1.54) is 0 Å². The second-order valence-corrected chi connectivity index (χ2v) is 14.8. The molecule has 2 aliphatic rings. The van der Waals surface area contributed by atoms with Crippen LogP contribution in [0, 0.1) is 23.7 Å². The van der Waals surface area contributed by atoms with E-state index < -0.39 is 11.9 Å². The first kappa shape index (κ1) is 45.0. The first-order valence-electron chi connectivity index (χ1n) is 20.5. The zero-order valence-electron chi connectivity index (χ0n) is 33.9. The van der Waals surface area contributed by atoms with E-state index in [9.17, 15) is 24.0 Å². The molecule has 13 heteroatoms. The molecule has 0 heterocycles. The molecule has 5 rings (SSSR count). The smallest absolute Gasteiger partial charge is 0.330 e. The molecule has 0 aromatic heterocycles. The van der Waals surface area contributed by atoms with Crippen molar-refractivity contribution in [1.82, 2.24) is 0 Å². The molecule has 0 radical (unpaired) electrons. The summed E-state index contributed by atoms with van der Waals surface area (Å²) in [5.74, 6) is 1.90. The van der Waals surface area contributed by atoms with Gasteiger partial charge in [0.1, 0.15) is 34.5 Å². The van der Waals surface area contributed by atoms with Gasteiger partial charge in [-0.15, -0.1) is 0 Å². The minimum Gasteiger partial charge on any atom is -0.493 e. The van der Waals surface area contributed by atoms with Gasteiger partial charge >= 0.3 is 23.9 Å². The predicted octanol–water partition coefficient (Wildman–Crippen LogP) is 8.08. The Labute approximate surface area is 350 Å². The SMILES string of the molecule is C=CC(=O)OCCCOc1ccc(OC(=O)C2CCC(COc3ccc(OCC4CCC(C(=O)Oc5ccc(OCCCOC(=O)C=C)cc5)CC4)c(C=O)c3)CC2)cc1. The van der Waals surface area contributed by atoms with E-state index in [1.54, 1.807) is 66.7 Å². The largest absolute Gasteiger partial charge is 0.493 e. The molecule has 0 unspecified atom stereocenters. The minimum atomic E-state index is -0.467. The average Bonchev–Trinajstić information content (AvgIpc) is 3.28. The third kappa shape index (κ3) is 14.9. The van der Waals surface area contributed by atoms with E-state index in [1.807, 2.05) is 0 Å². The van der Waals surface area contributed by atoms with Crippen molar-refractivity contribution in [2.24, 2.45) is 23.7 Å². The lowest BCUT2D eigenvalue weighted by molar-refractivity contribution is -0.141. The summed E-state index contributed by atoms with van der Waals surface area (Å²) in [6, 6.07) is 18.9. The molecule has 0 aliphatic heterocycles. The van der Waals surface area contributed by atoms with Crippen LogP contribution >= 0.6 is 0 Å². The fourth-order valence-corrected chi connectivity index (χ4v) is 6.96. The van der Waals surface area contributed by atoms with Crippen molar-refractivity contribution in [3.8, 4) is 34.5 Å². The minimum absolute atomic E-state index is 0.191. The fourth-order valence-electron chi connectivity index (χ4n) is 6.96. The lowest BCUT2D eigenvalue weighted by atomic mass is 9.82. The number of carbonyl (C=O) groups is 5. The van der Waals surface area contributed by atoms with E-state index >= 15 is 0 Å². The highest BCUT2D eigenvalue weighted by molar-refractivity contribution is 5.81. The lowest BCUT2D eigenvalue weighted by Gasteiger charge is -2.27. The molecule has 0 atom stereocenters. The Morgan fingerprint density at radius 1 is 0.517 bits per heavy atom. The normalized spacial score (nSPS) is 18.5. The number of hydrogen-bond acceptors (Lipinski definition) is 13. The van der Waals surface area contributed by atoms with Crippen LogP contribution in [0.2, 0.25) is 0 Å². The summed E-state index contributed by atoms with van der Waals surface area (Å²) in [6.45, 7) is 8.85. The molecular formula is C47H54O13. The van der Waals surface area contributed by atoms with Crippen LogP contribution in [0.3, 0.4) is 0 Å². The van der Waals surface area contributed by atoms with Gasteiger partial charge in [-0.3, -0.25) is 14.4 Å². The number of aldehydes is 1. The van der Waals surface area contributed by atoms with Crippen molar-refractivity contribution in [2.75, 3.05) is 39.6 Å². The zero-order chi connectivity index (χ0) is 42.5. The van der Waals surface area contributed by atoms with Crippen LogP contribution in [0.4, 0.5) is 0 Å². The van der Waals surface area contributed by atoms with Gasteiger partial charge in [-0.1, -0.05) is 13.2 Å². The van der Waals surface area contributed by atoms with Crippen molar-refractivity contribution in [1.29, 1.82) is 0 Å². The Balaban J connectivity index is 0.944. The first-order chi connectivity index (χ1) is 29.2. The van der Waals surface area contributed by atoms with Gasteiger partial charge in [0, 0.05) is 25.0 Å². The van der Waals surface area contributed by atoms with Crippen molar-refractivity contribution in [3.05, 3.63) is 97.6 Å². The summed E-state index contributed by atoms with van der Waals surface area (Å²) in [5.41, 5.74) is 0.410. The molecule has 0 N–H and O–H groups in total. The summed E-state index contributed by atoms with van der Waals surface area (Å²) < 4.78 is 44.6. The lowest BCUT2D eigenvalue weighted by Crippen LogP contribution is -2.28. The monoisotopic (exact) mass is 826 g/mol. The van der Waals surface area contributed by atoms with E-state index in [4.69, 9.17) is 37.9 Å². The number of rotatable bonds is 23. The number of esters is 4. The maximum absolute atomic E-state index is 12.9. The molecule has 13 nitrogen and oxygen atoms in total. The predicted molar refractivity (Wildman–Crippen MR) is 220 cm³/mol. The highest BCUT2D eigenvalue weighted by Crippen LogP contribution is 2.34. The highest BCUT2D eigenvalue weighted by atomic mass is 16.6. The summed E-state index contributed by atoms with van der Waals surface area (Å²) in [7, 11) is 0. The molecule has 0 spiro atoms.